The van der Waals surface area contributed by atoms with Crippen molar-refractivity contribution in [3.63, 3.8) is 0 Å². The summed E-state index contributed by atoms with van der Waals surface area (Å²) >= 11 is 0. The smallest absolute Gasteiger partial charge is 0.235 e. The fraction of sp³-hybridized carbons (Fsp3) is 0. The van der Waals surface area contributed by atoms with Crippen LogP contribution in [-0.2, 0) is 0 Å². The molecule has 4 heteroatoms. The molecule has 0 fully saturated rings. The van der Waals surface area contributed by atoms with Gasteiger partial charge < -0.3 is 9.97 Å². The summed E-state index contributed by atoms with van der Waals surface area (Å²) in [6.45, 7) is 0. The van der Waals surface area contributed by atoms with Crippen LogP contribution in [-0.4, -0.2) is 21.5 Å². The Morgan fingerprint density at radius 2 is 1.21 bits per heavy atom. The summed E-state index contributed by atoms with van der Waals surface area (Å²) < 4.78 is 0. The molecule has 1 aliphatic carbocycles. The van der Waals surface area contributed by atoms with Crippen molar-refractivity contribution in [2.24, 2.45) is 0 Å². The SMILES string of the molecule is O=C1C(=O)c2cc[nH]c2-c2[nH]ccc21. The number of aromatic amines is 2. The van der Waals surface area contributed by atoms with Gasteiger partial charge in [-0.15, -0.1) is 0 Å². The second kappa shape index (κ2) is 2.23. The van der Waals surface area contributed by atoms with Crippen LogP contribution in [0.2, 0.25) is 0 Å². The van der Waals surface area contributed by atoms with E-state index in [-0.39, 0.29) is 0 Å². The molecule has 0 aliphatic heterocycles. The van der Waals surface area contributed by atoms with E-state index in [0.29, 0.717) is 22.5 Å². The van der Waals surface area contributed by atoms with Crippen LogP contribution in [0, 0.1) is 0 Å². The Kier molecular flexibility index (Phi) is 1.16. The van der Waals surface area contributed by atoms with Gasteiger partial charge in [0.15, 0.2) is 0 Å². The summed E-state index contributed by atoms with van der Waals surface area (Å²) in [5, 5.41) is 0. The molecule has 0 atom stereocenters. The molecule has 2 aromatic heterocycles. The molecule has 2 aromatic rings. The van der Waals surface area contributed by atoms with Gasteiger partial charge in [-0.25, -0.2) is 0 Å². The molecule has 68 valence electrons. The van der Waals surface area contributed by atoms with Crippen molar-refractivity contribution in [1.82, 2.24) is 9.97 Å². The zero-order chi connectivity index (χ0) is 9.71. The molecule has 0 radical (unpaired) electrons. The number of fused-ring (bicyclic) bond motifs is 3. The predicted octanol–water partition coefficient (Wildman–Crippen LogP) is 1.39. The molecule has 0 unspecified atom stereocenters. The van der Waals surface area contributed by atoms with Crippen LogP contribution in [0.15, 0.2) is 24.5 Å². The van der Waals surface area contributed by atoms with Crippen molar-refractivity contribution in [2.45, 2.75) is 0 Å². The minimum atomic E-state index is -0.437. The van der Waals surface area contributed by atoms with Crippen molar-refractivity contribution in [3.8, 4) is 11.4 Å². The van der Waals surface area contributed by atoms with Crippen LogP contribution in [0.1, 0.15) is 20.7 Å². The Bertz CT molecular complexity index is 498. The summed E-state index contributed by atoms with van der Waals surface area (Å²) in [6, 6.07) is 3.25. The molecule has 14 heavy (non-hydrogen) atoms. The van der Waals surface area contributed by atoms with E-state index >= 15 is 0 Å². The fourth-order valence-corrected chi connectivity index (χ4v) is 1.78. The van der Waals surface area contributed by atoms with Crippen LogP contribution in [0.4, 0.5) is 0 Å². The lowest BCUT2D eigenvalue weighted by molar-refractivity contribution is 0.0815. The number of carbonyl (C=O) groups excluding carboxylic acids is 2. The molecule has 2 heterocycles. The third kappa shape index (κ3) is 0.682. The van der Waals surface area contributed by atoms with E-state index in [1.165, 1.54) is 0 Å². The molecule has 2 N–H and O–H groups in total. The Morgan fingerprint density at radius 1 is 0.786 bits per heavy atom. The van der Waals surface area contributed by atoms with Crippen molar-refractivity contribution < 1.29 is 9.59 Å². The monoisotopic (exact) mass is 186 g/mol. The van der Waals surface area contributed by atoms with Gasteiger partial charge in [0.2, 0.25) is 11.6 Å². The van der Waals surface area contributed by atoms with Gasteiger partial charge >= 0.3 is 0 Å². The van der Waals surface area contributed by atoms with E-state index in [0.717, 1.165) is 0 Å². The number of rotatable bonds is 0. The highest BCUT2D eigenvalue weighted by Crippen LogP contribution is 2.30. The molecule has 1 aliphatic rings. The molecule has 0 spiro atoms. The molecule has 0 aromatic carbocycles. The van der Waals surface area contributed by atoms with Crippen molar-refractivity contribution >= 4 is 11.6 Å². The normalized spacial score (nSPS) is 14.0. The maximum Gasteiger partial charge on any atom is 0.235 e. The lowest BCUT2D eigenvalue weighted by atomic mass is 9.94. The molecule has 0 bridgehead atoms. The fourth-order valence-electron chi connectivity index (χ4n) is 1.78. The Hall–Kier alpha value is -2.10. The summed E-state index contributed by atoms with van der Waals surface area (Å²) in [5.41, 5.74) is 2.30. The van der Waals surface area contributed by atoms with Crippen LogP contribution in [0.5, 0.6) is 0 Å². The van der Waals surface area contributed by atoms with Crippen LogP contribution < -0.4 is 0 Å². The third-order valence-electron chi connectivity index (χ3n) is 2.44. The van der Waals surface area contributed by atoms with Gasteiger partial charge in [0.05, 0.1) is 22.5 Å². The standard InChI is InChI=1S/C10H6N2O2/c13-9-5-1-3-11-7(5)8-6(10(9)14)2-4-12-8/h1-4,11-12H. The largest absolute Gasteiger partial charge is 0.359 e. The number of H-pyrrole nitrogens is 2. The van der Waals surface area contributed by atoms with Gasteiger partial charge in [0.1, 0.15) is 0 Å². The van der Waals surface area contributed by atoms with Crippen LogP contribution >= 0.6 is 0 Å². The minimum absolute atomic E-state index is 0.437. The lowest BCUT2D eigenvalue weighted by Crippen LogP contribution is -2.19. The Balaban J connectivity index is 2.43. The highest BCUT2D eigenvalue weighted by Gasteiger charge is 2.31. The highest BCUT2D eigenvalue weighted by molar-refractivity contribution is 6.52. The molecule has 0 saturated carbocycles. The van der Waals surface area contributed by atoms with E-state index in [1.807, 2.05) is 0 Å². The van der Waals surface area contributed by atoms with Crippen molar-refractivity contribution in [1.29, 1.82) is 0 Å². The van der Waals surface area contributed by atoms with E-state index in [2.05, 4.69) is 9.97 Å². The molecule has 0 amide bonds. The second-order valence-electron chi connectivity index (χ2n) is 3.19. The minimum Gasteiger partial charge on any atom is -0.359 e. The molecule has 3 rings (SSSR count). The van der Waals surface area contributed by atoms with Gasteiger partial charge in [-0.1, -0.05) is 0 Å². The van der Waals surface area contributed by atoms with Gasteiger partial charge in [-0.2, -0.15) is 0 Å². The number of aromatic nitrogens is 2. The van der Waals surface area contributed by atoms with Crippen LogP contribution in [0.3, 0.4) is 0 Å². The maximum absolute atomic E-state index is 11.6. The van der Waals surface area contributed by atoms with Crippen LogP contribution in [0.25, 0.3) is 11.4 Å². The zero-order valence-electron chi connectivity index (χ0n) is 7.13. The predicted molar refractivity (Wildman–Crippen MR) is 49.2 cm³/mol. The third-order valence-corrected chi connectivity index (χ3v) is 2.44. The average Bonchev–Trinajstić information content (AvgIpc) is 2.80. The molecule has 4 nitrogen and oxygen atoms in total. The number of Topliss-reactive ketones (excluding diaryl/α,β-unsaturated/α-hetero) is 2. The van der Waals surface area contributed by atoms with Gasteiger partial charge in [-0.3, -0.25) is 9.59 Å². The second-order valence-corrected chi connectivity index (χ2v) is 3.19. The first-order chi connectivity index (χ1) is 6.79. The number of nitrogens with one attached hydrogen (secondary N) is 2. The van der Waals surface area contributed by atoms with E-state index in [9.17, 15) is 9.59 Å². The van der Waals surface area contributed by atoms with Gasteiger partial charge in [-0.05, 0) is 12.1 Å². The van der Waals surface area contributed by atoms with E-state index in [4.69, 9.17) is 0 Å². The molecular weight excluding hydrogens is 180 g/mol. The highest BCUT2D eigenvalue weighted by atomic mass is 16.2. The number of hydrogen-bond acceptors (Lipinski definition) is 2. The zero-order valence-corrected chi connectivity index (χ0v) is 7.13. The average molecular weight is 186 g/mol. The first-order valence-electron chi connectivity index (χ1n) is 4.23. The molecule has 0 saturated heterocycles. The van der Waals surface area contributed by atoms with Gasteiger partial charge in [0.25, 0.3) is 0 Å². The van der Waals surface area contributed by atoms with E-state index in [1.54, 1.807) is 24.5 Å². The summed E-state index contributed by atoms with van der Waals surface area (Å²) in [4.78, 5) is 29.0. The van der Waals surface area contributed by atoms with Gasteiger partial charge in [0, 0.05) is 12.4 Å². The summed E-state index contributed by atoms with van der Waals surface area (Å²) in [6.07, 6.45) is 3.32. The number of carbonyl (C=O) groups is 2. The number of ketones is 2. The Labute approximate surface area is 79.0 Å². The lowest BCUT2D eigenvalue weighted by Gasteiger charge is -2.09. The number of hydrogen-bond donors (Lipinski definition) is 2. The molecular formula is C10H6N2O2. The maximum atomic E-state index is 11.6. The topological polar surface area (TPSA) is 65.7 Å². The van der Waals surface area contributed by atoms with Crippen molar-refractivity contribution in [3.05, 3.63) is 35.7 Å². The Morgan fingerprint density at radius 3 is 1.64 bits per heavy atom. The first kappa shape index (κ1) is 7.32. The summed E-state index contributed by atoms with van der Waals surface area (Å²) in [7, 11) is 0. The first-order valence-corrected chi connectivity index (χ1v) is 4.23. The summed E-state index contributed by atoms with van der Waals surface area (Å²) in [5.74, 6) is -0.873. The van der Waals surface area contributed by atoms with Crippen molar-refractivity contribution in [2.75, 3.05) is 0 Å². The van der Waals surface area contributed by atoms with E-state index < -0.39 is 11.6 Å². The quantitative estimate of drug-likeness (QED) is 0.610.